The van der Waals surface area contributed by atoms with Crippen LogP contribution in [0, 0.1) is 5.82 Å². The van der Waals surface area contributed by atoms with Crippen LogP contribution in [-0.2, 0) is 9.53 Å². The maximum absolute atomic E-state index is 14.3. The van der Waals surface area contributed by atoms with E-state index >= 15 is 0 Å². The van der Waals surface area contributed by atoms with E-state index < -0.39 is 0 Å². The Hall–Kier alpha value is -2.40. The molecule has 0 aromatic heterocycles. The minimum absolute atomic E-state index is 0.0427. The van der Waals surface area contributed by atoms with E-state index in [4.69, 9.17) is 4.74 Å². The van der Waals surface area contributed by atoms with E-state index in [9.17, 15) is 9.18 Å². The lowest BCUT2D eigenvalue weighted by atomic mass is 9.77. The van der Waals surface area contributed by atoms with Crippen LogP contribution in [0.3, 0.4) is 0 Å². The monoisotopic (exact) mass is 340 g/mol. The zero-order valence-corrected chi connectivity index (χ0v) is 14.1. The Bertz CT molecular complexity index is 808. The van der Waals surface area contributed by atoms with Gasteiger partial charge in [0.1, 0.15) is 5.82 Å². The first-order chi connectivity index (χ1) is 12.2. The summed E-state index contributed by atoms with van der Waals surface area (Å²) in [5.74, 6) is -0.184. The van der Waals surface area contributed by atoms with Gasteiger partial charge in [0.15, 0.2) is 0 Å². The van der Waals surface area contributed by atoms with Gasteiger partial charge in [-0.15, -0.1) is 0 Å². The lowest BCUT2D eigenvalue weighted by molar-refractivity contribution is -0.139. The third kappa shape index (κ3) is 2.78. The number of hydrogen-bond acceptors (Lipinski definition) is 4. The average molecular weight is 340 g/mol. The van der Waals surface area contributed by atoms with E-state index in [2.05, 4.69) is 22.8 Å². The largest absolute Gasteiger partial charge is 0.468 e. The van der Waals surface area contributed by atoms with Crippen LogP contribution in [0.25, 0.3) is 0 Å². The zero-order chi connectivity index (χ0) is 17.4. The molecule has 2 aromatic carbocycles. The van der Waals surface area contributed by atoms with Gasteiger partial charge in [0, 0.05) is 23.2 Å². The van der Waals surface area contributed by atoms with Crippen LogP contribution in [0.1, 0.15) is 47.5 Å². The van der Waals surface area contributed by atoms with Crippen molar-refractivity contribution in [3.63, 3.8) is 0 Å². The topological polar surface area (TPSA) is 50.4 Å². The zero-order valence-electron chi connectivity index (χ0n) is 14.1. The van der Waals surface area contributed by atoms with E-state index in [1.165, 1.54) is 24.3 Å². The third-order valence-corrected chi connectivity index (χ3v) is 5.33. The van der Waals surface area contributed by atoms with Gasteiger partial charge in [0.05, 0.1) is 19.7 Å². The normalized spacial score (nSPS) is 23.7. The smallest absolute Gasteiger partial charge is 0.319 e. The number of nitrogens with one attached hydrogen (secondary N) is 2. The van der Waals surface area contributed by atoms with Crippen molar-refractivity contribution in [2.45, 2.75) is 30.8 Å². The lowest BCUT2D eigenvalue weighted by Gasteiger charge is -2.31. The Morgan fingerprint density at radius 1 is 1.20 bits per heavy atom. The second kappa shape index (κ2) is 6.48. The predicted octanol–water partition coefficient (Wildman–Crippen LogP) is 3.67. The molecule has 0 radical (unpaired) electrons. The van der Waals surface area contributed by atoms with Gasteiger partial charge in [0.25, 0.3) is 0 Å². The van der Waals surface area contributed by atoms with Gasteiger partial charge < -0.3 is 15.4 Å². The summed E-state index contributed by atoms with van der Waals surface area (Å²) in [5.41, 5.74) is 4.24. The van der Waals surface area contributed by atoms with Gasteiger partial charge in [-0.25, -0.2) is 4.39 Å². The summed E-state index contributed by atoms with van der Waals surface area (Å²) in [5, 5.41) is 6.80. The number of carbonyl (C=O) groups excluding carboxylic acids is 1. The molecule has 130 valence electrons. The minimum atomic E-state index is -0.267. The van der Waals surface area contributed by atoms with E-state index in [1.807, 2.05) is 18.2 Å². The molecule has 2 aromatic rings. The molecule has 2 aliphatic rings. The average Bonchev–Trinajstić information content (AvgIpc) is 3.01. The van der Waals surface area contributed by atoms with Crippen LogP contribution in [-0.4, -0.2) is 19.6 Å². The van der Waals surface area contributed by atoms with E-state index in [1.54, 1.807) is 6.07 Å². The molecule has 2 N–H and O–H groups in total. The van der Waals surface area contributed by atoms with Crippen molar-refractivity contribution in [3.8, 4) is 0 Å². The molecule has 0 saturated heterocycles. The molecular weight excluding hydrogens is 319 g/mol. The summed E-state index contributed by atoms with van der Waals surface area (Å²) in [4.78, 5) is 11.4. The Kier molecular flexibility index (Phi) is 4.17. The number of ether oxygens (including phenoxy) is 1. The number of carbonyl (C=O) groups is 1. The molecule has 1 heterocycles. The van der Waals surface area contributed by atoms with Crippen LogP contribution < -0.4 is 10.6 Å². The minimum Gasteiger partial charge on any atom is -0.468 e. The number of hydrogen-bond donors (Lipinski definition) is 2. The lowest BCUT2D eigenvalue weighted by Crippen LogP contribution is -2.31. The first-order valence-electron chi connectivity index (χ1n) is 8.63. The number of halogens is 1. The van der Waals surface area contributed by atoms with E-state index in [0.717, 1.165) is 24.1 Å². The quantitative estimate of drug-likeness (QED) is 0.834. The Morgan fingerprint density at radius 2 is 2.00 bits per heavy atom. The Morgan fingerprint density at radius 3 is 2.80 bits per heavy atom. The first kappa shape index (κ1) is 16.1. The molecule has 3 atom stereocenters. The van der Waals surface area contributed by atoms with Crippen molar-refractivity contribution in [1.82, 2.24) is 5.32 Å². The number of anilines is 1. The Labute approximate surface area is 146 Å². The SMILES string of the molecule is COC(=O)CNC1CCC2c3c(cccc31)NC2c1ccccc1F. The standard InChI is InChI=1S/C20H21FN2O2/c1-25-18(24)11-22-16-10-9-14-19-13(16)6-4-8-17(19)23-20(14)12-5-2-3-7-15(12)21/h2-8,14,16,20,22-23H,9-11H2,1H3. The number of esters is 1. The molecule has 1 aliphatic carbocycles. The highest BCUT2D eigenvalue weighted by molar-refractivity contribution is 5.71. The fourth-order valence-electron chi connectivity index (χ4n) is 4.19. The van der Waals surface area contributed by atoms with Gasteiger partial charge in [-0.2, -0.15) is 0 Å². The molecular formula is C20H21FN2O2. The van der Waals surface area contributed by atoms with Gasteiger partial charge in [-0.1, -0.05) is 30.3 Å². The van der Waals surface area contributed by atoms with E-state index in [0.29, 0.717) is 0 Å². The highest BCUT2D eigenvalue weighted by Crippen LogP contribution is 2.53. The van der Waals surface area contributed by atoms with Crippen molar-refractivity contribution in [2.24, 2.45) is 0 Å². The van der Waals surface area contributed by atoms with Crippen LogP contribution in [0.5, 0.6) is 0 Å². The van der Waals surface area contributed by atoms with Crippen molar-refractivity contribution < 1.29 is 13.9 Å². The molecule has 0 saturated carbocycles. The van der Waals surface area contributed by atoms with Gasteiger partial charge in [-0.05, 0) is 36.1 Å². The van der Waals surface area contributed by atoms with Crippen molar-refractivity contribution in [2.75, 3.05) is 19.0 Å². The fraction of sp³-hybridized carbons (Fsp3) is 0.350. The summed E-state index contributed by atoms with van der Waals surface area (Å²) in [6.07, 6.45) is 1.85. The van der Waals surface area contributed by atoms with Crippen molar-refractivity contribution >= 4 is 11.7 Å². The molecule has 0 spiro atoms. The van der Waals surface area contributed by atoms with Gasteiger partial charge in [-0.3, -0.25) is 4.79 Å². The maximum atomic E-state index is 14.3. The third-order valence-electron chi connectivity index (χ3n) is 5.33. The summed E-state index contributed by atoms with van der Waals surface area (Å²) in [7, 11) is 1.39. The number of rotatable bonds is 4. The molecule has 3 unspecified atom stereocenters. The summed E-state index contributed by atoms with van der Waals surface area (Å²) < 4.78 is 19.0. The van der Waals surface area contributed by atoms with Crippen molar-refractivity contribution in [1.29, 1.82) is 0 Å². The molecule has 0 bridgehead atoms. The highest BCUT2D eigenvalue weighted by Gasteiger charge is 2.40. The second-order valence-electron chi connectivity index (χ2n) is 6.65. The Balaban J connectivity index is 1.65. The molecule has 0 fully saturated rings. The van der Waals surface area contributed by atoms with Crippen LogP contribution in [0.4, 0.5) is 10.1 Å². The maximum Gasteiger partial charge on any atom is 0.319 e. The molecule has 0 amide bonds. The van der Waals surface area contributed by atoms with Crippen LogP contribution >= 0.6 is 0 Å². The highest BCUT2D eigenvalue weighted by atomic mass is 19.1. The second-order valence-corrected chi connectivity index (χ2v) is 6.65. The first-order valence-corrected chi connectivity index (χ1v) is 8.63. The predicted molar refractivity (Wildman–Crippen MR) is 93.9 cm³/mol. The number of benzene rings is 2. The summed E-state index contributed by atoms with van der Waals surface area (Å²) in [6, 6.07) is 13.2. The molecule has 1 aliphatic heterocycles. The van der Waals surface area contributed by atoms with Gasteiger partial charge in [0.2, 0.25) is 0 Å². The van der Waals surface area contributed by atoms with Gasteiger partial charge >= 0.3 is 5.97 Å². The summed E-state index contributed by atoms with van der Waals surface area (Å²) >= 11 is 0. The summed E-state index contributed by atoms with van der Waals surface area (Å²) in [6.45, 7) is 0.194. The molecule has 4 rings (SSSR count). The van der Waals surface area contributed by atoms with E-state index in [-0.39, 0.29) is 36.3 Å². The number of methoxy groups -OCH3 is 1. The molecule has 25 heavy (non-hydrogen) atoms. The van der Waals surface area contributed by atoms with Crippen LogP contribution in [0.15, 0.2) is 42.5 Å². The van der Waals surface area contributed by atoms with Crippen LogP contribution in [0.2, 0.25) is 0 Å². The van der Waals surface area contributed by atoms with Crippen molar-refractivity contribution in [3.05, 3.63) is 65.0 Å². The molecule has 5 heteroatoms. The fourth-order valence-corrected chi connectivity index (χ4v) is 4.19. The molecule has 4 nitrogen and oxygen atoms in total.